The number of ether oxygens (including phenoxy) is 1. The van der Waals surface area contributed by atoms with E-state index in [0.29, 0.717) is 35.6 Å². The summed E-state index contributed by atoms with van der Waals surface area (Å²) in [6.07, 6.45) is -0.210. The molecule has 1 N–H and O–H groups in total. The van der Waals surface area contributed by atoms with Crippen LogP contribution in [0.15, 0.2) is 40.9 Å². The lowest BCUT2D eigenvalue weighted by Crippen LogP contribution is -2.34. The Kier molecular flexibility index (Phi) is 7.34. The van der Waals surface area contributed by atoms with Gasteiger partial charge >= 0.3 is 6.18 Å². The first kappa shape index (κ1) is 26.4. The minimum absolute atomic E-state index is 0.0294. The predicted octanol–water partition coefficient (Wildman–Crippen LogP) is 4.29. The van der Waals surface area contributed by atoms with E-state index < -0.39 is 27.5 Å². The Balaban J connectivity index is 1.33. The second-order valence-corrected chi connectivity index (χ2v) is 11.4. The number of hydrogen-bond donors (Lipinski definition) is 1. The quantitative estimate of drug-likeness (QED) is 0.443. The molecule has 2 aromatic heterocycles. The molecule has 38 heavy (non-hydrogen) atoms. The lowest BCUT2D eigenvalue weighted by molar-refractivity contribution is -0.137. The van der Waals surface area contributed by atoms with E-state index >= 15 is 0 Å². The van der Waals surface area contributed by atoms with Gasteiger partial charge in [0.2, 0.25) is 16.0 Å². The van der Waals surface area contributed by atoms with Crippen LogP contribution in [-0.4, -0.2) is 66.6 Å². The van der Waals surface area contributed by atoms with Crippen LogP contribution in [0, 0.1) is 0 Å². The lowest BCUT2D eigenvalue weighted by atomic mass is 10.1. The van der Waals surface area contributed by atoms with Crippen molar-refractivity contribution in [1.29, 1.82) is 0 Å². The molecule has 2 aliphatic heterocycles. The third-order valence-electron chi connectivity index (χ3n) is 6.61. The first-order valence-corrected chi connectivity index (χ1v) is 14.1. The molecule has 0 atom stereocenters. The lowest BCUT2D eigenvalue weighted by Gasteiger charge is -2.23. The number of halogens is 3. The van der Waals surface area contributed by atoms with Crippen molar-refractivity contribution in [3.05, 3.63) is 53.4 Å². The summed E-state index contributed by atoms with van der Waals surface area (Å²) in [5, 5.41) is 2.93. The molecule has 0 amide bonds. The van der Waals surface area contributed by atoms with Crippen molar-refractivity contribution in [2.75, 3.05) is 44.4 Å². The highest BCUT2D eigenvalue weighted by Gasteiger charge is 2.37. The molecule has 5 rings (SSSR count). The highest BCUT2D eigenvalue weighted by Crippen LogP contribution is 2.38. The van der Waals surface area contributed by atoms with Gasteiger partial charge < -0.3 is 14.5 Å². The maximum Gasteiger partial charge on any atom is 0.420 e. The van der Waals surface area contributed by atoms with Crippen molar-refractivity contribution < 1.29 is 30.7 Å². The number of alkyl halides is 3. The number of rotatable bonds is 8. The van der Waals surface area contributed by atoms with E-state index in [1.165, 1.54) is 23.2 Å². The van der Waals surface area contributed by atoms with Gasteiger partial charge in [0.25, 0.3) is 0 Å². The van der Waals surface area contributed by atoms with E-state index in [-0.39, 0.29) is 31.2 Å². The molecule has 0 radical (unpaired) electrons. The second-order valence-electron chi connectivity index (χ2n) is 9.41. The van der Waals surface area contributed by atoms with Crippen molar-refractivity contribution in [1.82, 2.24) is 19.2 Å². The molecule has 1 saturated heterocycles. The summed E-state index contributed by atoms with van der Waals surface area (Å²) >= 11 is 0. The summed E-state index contributed by atoms with van der Waals surface area (Å²) in [4.78, 5) is 10.3. The first-order chi connectivity index (χ1) is 18.1. The Hall–Kier alpha value is -3.16. The van der Waals surface area contributed by atoms with Gasteiger partial charge in [-0.15, -0.1) is 0 Å². The van der Waals surface area contributed by atoms with Gasteiger partial charge in [-0.1, -0.05) is 0 Å². The molecule has 4 heterocycles. The summed E-state index contributed by atoms with van der Waals surface area (Å²) in [6, 6.07) is 8.42. The van der Waals surface area contributed by atoms with Crippen LogP contribution in [-0.2, 0) is 29.2 Å². The zero-order valence-electron chi connectivity index (χ0n) is 20.8. The molecular weight excluding hydrogens is 523 g/mol. The predicted molar refractivity (Wildman–Crippen MR) is 135 cm³/mol. The van der Waals surface area contributed by atoms with Crippen LogP contribution < -0.4 is 10.1 Å². The Morgan fingerprint density at radius 1 is 1.13 bits per heavy atom. The fraction of sp³-hybridized carbons (Fsp3) is 0.440. The molecular formula is C25H28F3N5O4S. The minimum atomic E-state index is -4.71. The Morgan fingerprint density at radius 2 is 1.87 bits per heavy atom. The van der Waals surface area contributed by atoms with E-state index in [9.17, 15) is 21.6 Å². The third kappa shape index (κ3) is 6.11. The van der Waals surface area contributed by atoms with Crippen LogP contribution in [0.25, 0.3) is 11.5 Å². The molecule has 1 aromatic carbocycles. The summed E-state index contributed by atoms with van der Waals surface area (Å²) in [6.45, 7) is 3.86. The van der Waals surface area contributed by atoms with Crippen LogP contribution in [0.1, 0.15) is 29.7 Å². The molecule has 204 valence electrons. The maximum absolute atomic E-state index is 13.8. The number of anilines is 2. The molecule has 0 unspecified atom stereocenters. The number of likely N-dealkylation sites (tertiary alicyclic amines) is 1. The average Bonchev–Trinajstić information content (AvgIpc) is 3.53. The number of fused-ring (bicyclic) bond motifs is 1. The van der Waals surface area contributed by atoms with Crippen LogP contribution >= 0.6 is 0 Å². The van der Waals surface area contributed by atoms with E-state index in [1.807, 2.05) is 0 Å². The molecule has 9 nitrogen and oxygen atoms in total. The van der Waals surface area contributed by atoms with Gasteiger partial charge in [-0.05, 0) is 56.3 Å². The van der Waals surface area contributed by atoms with Gasteiger partial charge in [0.15, 0.2) is 5.76 Å². The average molecular weight is 552 g/mol. The number of benzene rings is 1. The molecule has 0 spiro atoms. The van der Waals surface area contributed by atoms with E-state index in [4.69, 9.17) is 9.15 Å². The van der Waals surface area contributed by atoms with Crippen molar-refractivity contribution in [2.24, 2.45) is 0 Å². The Morgan fingerprint density at radius 3 is 2.55 bits per heavy atom. The van der Waals surface area contributed by atoms with Crippen LogP contribution in [0.3, 0.4) is 0 Å². The molecule has 0 bridgehead atoms. The highest BCUT2D eigenvalue weighted by molar-refractivity contribution is 7.88. The molecule has 0 aliphatic carbocycles. The van der Waals surface area contributed by atoms with Gasteiger partial charge in [0.05, 0.1) is 6.26 Å². The number of nitrogens with one attached hydrogen (secondary N) is 1. The maximum atomic E-state index is 13.8. The van der Waals surface area contributed by atoms with Crippen molar-refractivity contribution in [3.63, 3.8) is 0 Å². The molecule has 3 aromatic rings. The highest BCUT2D eigenvalue weighted by atomic mass is 32.2. The van der Waals surface area contributed by atoms with E-state index in [2.05, 4.69) is 20.2 Å². The SMILES string of the molecule is CS(=O)(=O)N1CCc2oc(-c3nc(Nc4ccc(OCCN5CCCC5)cc4)ncc3C(F)(F)F)cc2C1. The molecule has 1 fully saturated rings. The standard InChI is InChI=1S/C25H28F3N5O4S/c1-38(34,35)33-11-8-21-17(16-33)14-22(37-21)23-20(25(26,27)28)15-29-24(31-23)30-18-4-6-19(7-5-18)36-13-12-32-9-2-3-10-32/h4-7,14-15H,2-3,8-13,16H2,1H3,(H,29,30,31). The van der Waals surface area contributed by atoms with Crippen LogP contribution in [0.4, 0.5) is 24.8 Å². The third-order valence-corrected chi connectivity index (χ3v) is 7.86. The van der Waals surface area contributed by atoms with Crippen LogP contribution in [0.5, 0.6) is 5.75 Å². The molecule has 2 aliphatic rings. The number of aromatic nitrogens is 2. The normalized spacial score (nSPS) is 16.9. The van der Waals surface area contributed by atoms with E-state index in [1.54, 1.807) is 24.3 Å². The number of nitrogens with zero attached hydrogens (tertiary/aromatic N) is 4. The second kappa shape index (κ2) is 10.5. The fourth-order valence-electron chi connectivity index (χ4n) is 4.61. The minimum Gasteiger partial charge on any atom is -0.492 e. The summed E-state index contributed by atoms with van der Waals surface area (Å²) in [5.41, 5.74) is -0.378. The van der Waals surface area contributed by atoms with Gasteiger partial charge in [-0.2, -0.15) is 17.5 Å². The monoisotopic (exact) mass is 551 g/mol. The van der Waals surface area contributed by atoms with Crippen molar-refractivity contribution >= 4 is 21.7 Å². The van der Waals surface area contributed by atoms with Gasteiger partial charge in [0.1, 0.15) is 29.4 Å². The smallest absolute Gasteiger partial charge is 0.420 e. The fourth-order valence-corrected chi connectivity index (χ4v) is 5.40. The van der Waals surface area contributed by atoms with Crippen LogP contribution in [0.2, 0.25) is 0 Å². The van der Waals surface area contributed by atoms with Crippen molar-refractivity contribution in [2.45, 2.75) is 32.0 Å². The number of hydrogen-bond acceptors (Lipinski definition) is 8. The largest absolute Gasteiger partial charge is 0.492 e. The number of sulfonamides is 1. The van der Waals surface area contributed by atoms with E-state index in [0.717, 1.165) is 25.9 Å². The Labute approximate surface area is 218 Å². The molecule has 13 heteroatoms. The van der Waals surface area contributed by atoms with Crippen molar-refractivity contribution in [3.8, 4) is 17.2 Å². The number of furan rings is 1. The zero-order valence-corrected chi connectivity index (χ0v) is 21.6. The van der Waals surface area contributed by atoms with Gasteiger partial charge in [0, 0.05) is 43.5 Å². The topological polar surface area (TPSA) is 101 Å². The van der Waals surface area contributed by atoms with Gasteiger partial charge in [-0.3, -0.25) is 4.90 Å². The zero-order chi connectivity index (χ0) is 26.9. The Bertz CT molecular complexity index is 1390. The van der Waals surface area contributed by atoms with Gasteiger partial charge in [-0.25, -0.2) is 18.4 Å². The summed E-state index contributed by atoms with van der Waals surface area (Å²) in [5.74, 6) is 1.00. The summed E-state index contributed by atoms with van der Waals surface area (Å²) < 4.78 is 78.0. The molecule has 0 saturated carbocycles. The first-order valence-electron chi connectivity index (χ1n) is 12.3. The summed E-state index contributed by atoms with van der Waals surface area (Å²) in [7, 11) is -3.44.